The lowest BCUT2D eigenvalue weighted by Crippen LogP contribution is -2.68. The monoisotopic (exact) mass is 161 g/mol. The second-order valence-electron chi connectivity index (χ2n) is 3.64. The van der Waals surface area contributed by atoms with E-state index in [0.717, 1.165) is 0 Å². The Morgan fingerprint density at radius 2 is 2.18 bits per heavy atom. The van der Waals surface area contributed by atoms with Crippen LogP contribution in [0.2, 0.25) is 0 Å². The van der Waals surface area contributed by atoms with Crippen molar-refractivity contribution < 1.29 is 13.6 Å². The molecule has 0 radical (unpaired) electrons. The van der Waals surface area contributed by atoms with Crippen LogP contribution in [-0.2, 0) is 4.79 Å². The van der Waals surface area contributed by atoms with Crippen LogP contribution in [0, 0.1) is 5.41 Å². The fraction of sp³-hybridized carbons (Fsp3) is 0.857. The van der Waals surface area contributed by atoms with Crippen molar-refractivity contribution in [1.82, 2.24) is 5.32 Å². The molecule has 1 N–H and O–H groups in total. The van der Waals surface area contributed by atoms with Gasteiger partial charge in [0.15, 0.2) is 5.67 Å². The van der Waals surface area contributed by atoms with Crippen LogP contribution >= 0.6 is 0 Å². The molecule has 1 saturated carbocycles. The van der Waals surface area contributed by atoms with Crippen LogP contribution < -0.4 is 5.32 Å². The molecule has 2 bridgehead atoms. The lowest BCUT2D eigenvalue weighted by Gasteiger charge is -2.53. The van der Waals surface area contributed by atoms with Crippen molar-refractivity contribution >= 4 is 5.91 Å². The van der Waals surface area contributed by atoms with Crippen LogP contribution in [0.1, 0.15) is 12.8 Å². The highest BCUT2D eigenvalue weighted by Crippen LogP contribution is 2.53. The van der Waals surface area contributed by atoms with E-state index in [-0.39, 0.29) is 12.8 Å². The molecule has 0 atom stereocenters. The van der Waals surface area contributed by atoms with Gasteiger partial charge in [0, 0.05) is 24.8 Å². The fourth-order valence-electron chi connectivity index (χ4n) is 1.99. The molecule has 0 aromatic carbocycles. The molecule has 11 heavy (non-hydrogen) atoms. The highest BCUT2D eigenvalue weighted by molar-refractivity contribution is 5.88. The number of piperidine rings is 2. The van der Waals surface area contributed by atoms with Gasteiger partial charge in [-0.05, 0) is 0 Å². The second kappa shape index (κ2) is 1.73. The summed E-state index contributed by atoms with van der Waals surface area (Å²) >= 11 is 0. The Morgan fingerprint density at radius 1 is 1.55 bits per heavy atom. The van der Waals surface area contributed by atoms with Gasteiger partial charge >= 0.3 is 0 Å². The number of nitrogens with one attached hydrogen (secondary N) is 1. The molecule has 2 nitrogen and oxygen atoms in total. The van der Waals surface area contributed by atoms with Gasteiger partial charge < -0.3 is 5.32 Å². The summed E-state index contributed by atoms with van der Waals surface area (Å²) in [5.41, 5.74) is -2.31. The predicted octanol–water partition coefficient (Wildman–Crippen LogP) is 0.574. The van der Waals surface area contributed by atoms with Gasteiger partial charge in [-0.2, -0.15) is 0 Å². The smallest absolute Gasteiger partial charge is 0.257 e. The van der Waals surface area contributed by atoms with Gasteiger partial charge in [-0.3, -0.25) is 9.18 Å². The SMILES string of the molecule is O=C1NCC2(CF)CC1(F)C2. The van der Waals surface area contributed by atoms with Crippen molar-refractivity contribution in [3.05, 3.63) is 0 Å². The van der Waals surface area contributed by atoms with Gasteiger partial charge in [0.25, 0.3) is 5.91 Å². The third kappa shape index (κ3) is 0.723. The van der Waals surface area contributed by atoms with Crippen molar-refractivity contribution in [1.29, 1.82) is 0 Å². The molecule has 0 unspecified atom stereocenters. The summed E-state index contributed by atoms with van der Waals surface area (Å²) < 4.78 is 25.5. The molecule has 3 fully saturated rings. The standard InChI is InChI=1S/C7H9F2NO/c8-3-6-1-7(9,2-6)5(11)10-4-6/h1-4H2,(H,10,11). The summed E-state index contributed by atoms with van der Waals surface area (Å²) in [7, 11) is 0. The van der Waals surface area contributed by atoms with E-state index in [0.29, 0.717) is 6.54 Å². The Kier molecular flexibility index (Phi) is 1.10. The molecule has 0 aromatic rings. The van der Waals surface area contributed by atoms with Crippen LogP contribution in [0.5, 0.6) is 0 Å². The van der Waals surface area contributed by atoms with Crippen LogP contribution in [0.15, 0.2) is 0 Å². The Bertz CT molecular complexity index is 210. The van der Waals surface area contributed by atoms with Gasteiger partial charge in [-0.25, -0.2) is 4.39 Å². The van der Waals surface area contributed by atoms with Crippen molar-refractivity contribution in [3.63, 3.8) is 0 Å². The van der Waals surface area contributed by atoms with E-state index >= 15 is 0 Å². The van der Waals surface area contributed by atoms with E-state index in [1.807, 2.05) is 0 Å². The first-order valence-corrected chi connectivity index (χ1v) is 3.64. The summed E-state index contributed by atoms with van der Waals surface area (Å²) in [5.74, 6) is -0.562. The van der Waals surface area contributed by atoms with Gasteiger partial charge in [-0.1, -0.05) is 0 Å². The normalized spacial score (nSPS) is 48.0. The number of carbonyl (C=O) groups is 1. The molecular weight excluding hydrogens is 152 g/mol. The van der Waals surface area contributed by atoms with Crippen LogP contribution in [0.4, 0.5) is 8.78 Å². The molecule has 0 spiro atoms. The number of rotatable bonds is 1. The van der Waals surface area contributed by atoms with E-state index in [1.54, 1.807) is 0 Å². The van der Waals surface area contributed by atoms with Gasteiger partial charge in [-0.15, -0.1) is 0 Å². The summed E-state index contributed by atoms with van der Waals surface area (Å²) in [6.45, 7) is -0.229. The van der Waals surface area contributed by atoms with Crippen LogP contribution in [0.25, 0.3) is 0 Å². The molecule has 3 rings (SSSR count). The third-order valence-electron chi connectivity index (χ3n) is 2.62. The van der Waals surface area contributed by atoms with Crippen molar-refractivity contribution in [2.24, 2.45) is 5.41 Å². The highest BCUT2D eigenvalue weighted by Gasteiger charge is 2.63. The predicted molar refractivity (Wildman–Crippen MR) is 34.5 cm³/mol. The first-order valence-electron chi connectivity index (χ1n) is 3.64. The van der Waals surface area contributed by atoms with Crippen molar-refractivity contribution in [2.75, 3.05) is 13.2 Å². The minimum atomic E-state index is -1.75. The number of carbonyl (C=O) groups excluding carboxylic acids is 1. The van der Waals surface area contributed by atoms with Crippen LogP contribution in [0.3, 0.4) is 0 Å². The molecule has 62 valence electrons. The lowest BCUT2D eigenvalue weighted by atomic mass is 9.58. The molecule has 1 aliphatic carbocycles. The van der Waals surface area contributed by atoms with E-state index in [4.69, 9.17) is 0 Å². The van der Waals surface area contributed by atoms with Crippen LogP contribution in [-0.4, -0.2) is 24.8 Å². The number of fused-ring (bicyclic) bond motifs is 2. The number of hydrogen-bond acceptors (Lipinski definition) is 1. The minimum absolute atomic E-state index is 0.0718. The summed E-state index contributed by atoms with van der Waals surface area (Å²) in [4.78, 5) is 10.8. The quantitative estimate of drug-likeness (QED) is 0.598. The summed E-state index contributed by atoms with van der Waals surface area (Å²) in [6.07, 6.45) is 0.144. The number of hydrogen-bond donors (Lipinski definition) is 1. The largest absolute Gasteiger partial charge is 0.353 e. The van der Waals surface area contributed by atoms with Gasteiger partial charge in [0.2, 0.25) is 0 Å². The summed E-state index contributed by atoms with van der Waals surface area (Å²) in [6, 6.07) is 0. The summed E-state index contributed by atoms with van der Waals surface area (Å²) in [5, 5.41) is 2.36. The molecule has 1 amide bonds. The average molecular weight is 161 g/mol. The van der Waals surface area contributed by atoms with E-state index in [9.17, 15) is 13.6 Å². The molecular formula is C7H9F2NO. The zero-order valence-corrected chi connectivity index (χ0v) is 5.99. The number of alkyl halides is 2. The maximum atomic E-state index is 13.2. The number of amides is 1. The highest BCUT2D eigenvalue weighted by atomic mass is 19.1. The fourth-order valence-corrected chi connectivity index (χ4v) is 1.99. The molecule has 2 saturated heterocycles. The number of halogens is 2. The Morgan fingerprint density at radius 3 is 2.64 bits per heavy atom. The van der Waals surface area contributed by atoms with E-state index in [1.165, 1.54) is 0 Å². The molecule has 4 heteroatoms. The zero-order chi connectivity index (χ0) is 8.11. The maximum Gasteiger partial charge on any atom is 0.257 e. The molecule has 3 aliphatic rings. The Labute approximate surface area is 63.0 Å². The van der Waals surface area contributed by atoms with E-state index < -0.39 is 23.7 Å². The van der Waals surface area contributed by atoms with Gasteiger partial charge in [0.05, 0.1) is 6.67 Å². The first-order chi connectivity index (χ1) is 5.10. The third-order valence-corrected chi connectivity index (χ3v) is 2.62. The second-order valence-corrected chi connectivity index (χ2v) is 3.64. The zero-order valence-electron chi connectivity index (χ0n) is 5.99. The average Bonchev–Trinajstić information content (AvgIpc) is 1.93. The molecule has 2 heterocycles. The van der Waals surface area contributed by atoms with E-state index in [2.05, 4.69) is 5.32 Å². The topological polar surface area (TPSA) is 29.1 Å². The first kappa shape index (κ1) is 7.00. The lowest BCUT2D eigenvalue weighted by molar-refractivity contribution is -0.165. The minimum Gasteiger partial charge on any atom is -0.353 e. The van der Waals surface area contributed by atoms with Gasteiger partial charge in [0.1, 0.15) is 0 Å². The Hall–Kier alpha value is -0.670. The Balaban J connectivity index is 2.17. The van der Waals surface area contributed by atoms with Crippen molar-refractivity contribution in [3.8, 4) is 0 Å². The molecule has 2 aliphatic heterocycles. The molecule has 0 aromatic heterocycles. The maximum absolute atomic E-state index is 13.2. The van der Waals surface area contributed by atoms with Crippen molar-refractivity contribution in [2.45, 2.75) is 18.5 Å².